The van der Waals surface area contributed by atoms with Crippen LogP contribution < -0.4 is 15.4 Å². The molecule has 0 spiro atoms. The SMILES string of the molecule is COc1nc(NC2CCC(NC(C)=O)CC2)nn2ccc(-c3ccc4nnn(CCF)c4c3)c12. The molecule has 1 saturated carbocycles. The van der Waals surface area contributed by atoms with Crippen LogP contribution in [-0.4, -0.2) is 61.4 Å². The lowest BCUT2D eigenvalue weighted by molar-refractivity contribution is -0.119. The van der Waals surface area contributed by atoms with Gasteiger partial charge in [-0.2, -0.15) is 4.98 Å². The first-order valence-corrected chi connectivity index (χ1v) is 11.4. The van der Waals surface area contributed by atoms with Gasteiger partial charge in [-0.15, -0.1) is 10.2 Å². The minimum Gasteiger partial charge on any atom is -0.479 e. The highest BCUT2D eigenvalue weighted by Gasteiger charge is 2.23. The molecule has 3 heterocycles. The Morgan fingerprint density at radius 2 is 2.00 bits per heavy atom. The number of fused-ring (bicyclic) bond motifs is 2. The Hall–Kier alpha value is -3.76. The van der Waals surface area contributed by atoms with Gasteiger partial charge in [-0.25, -0.2) is 13.6 Å². The predicted octanol–water partition coefficient (Wildman–Crippen LogP) is 2.98. The second-order valence-electron chi connectivity index (χ2n) is 8.57. The van der Waals surface area contributed by atoms with Crippen molar-refractivity contribution in [3.8, 4) is 17.0 Å². The van der Waals surface area contributed by atoms with Gasteiger partial charge in [0.05, 0.1) is 19.2 Å². The van der Waals surface area contributed by atoms with Gasteiger partial charge < -0.3 is 15.4 Å². The van der Waals surface area contributed by atoms with Gasteiger partial charge in [0.2, 0.25) is 17.7 Å². The van der Waals surface area contributed by atoms with E-state index in [-0.39, 0.29) is 24.5 Å². The lowest BCUT2D eigenvalue weighted by Crippen LogP contribution is -2.39. The molecule has 1 aromatic carbocycles. The second-order valence-corrected chi connectivity index (χ2v) is 8.57. The smallest absolute Gasteiger partial charge is 0.244 e. The molecule has 34 heavy (non-hydrogen) atoms. The molecule has 0 unspecified atom stereocenters. The van der Waals surface area contributed by atoms with Gasteiger partial charge in [-0.3, -0.25) is 4.79 Å². The molecule has 5 rings (SSSR count). The average molecular weight is 467 g/mol. The number of nitrogens with one attached hydrogen (secondary N) is 2. The van der Waals surface area contributed by atoms with Crippen molar-refractivity contribution < 1.29 is 13.9 Å². The van der Waals surface area contributed by atoms with E-state index in [0.717, 1.165) is 47.8 Å². The monoisotopic (exact) mass is 466 g/mol. The Morgan fingerprint density at radius 1 is 1.21 bits per heavy atom. The molecule has 11 heteroatoms. The normalized spacial score (nSPS) is 18.3. The van der Waals surface area contributed by atoms with Gasteiger partial charge >= 0.3 is 0 Å². The Morgan fingerprint density at radius 3 is 2.74 bits per heavy atom. The molecule has 2 N–H and O–H groups in total. The molecule has 1 fully saturated rings. The number of carbonyl (C=O) groups is 1. The first kappa shape index (κ1) is 22.1. The summed E-state index contributed by atoms with van der Waals surface area (Å²) in [6.07, 6.45) is 5.55. The van der Waals surface area contributed by atoms with Crippen molar-refractivity contribution >= 4 is 28.4 Å². The van der Waals surface area contributed by atoms with Crippen molar-refractivity contribution in [2.24, 2.45) is 0 Å². The summed E-state index contributed by atoms with van der Waals surface area (Å²) >= 11 is 0. The summed E-state index contributed by atoms with van der Waals surface area (Å²) in [6.45, 7) is 1.20. The fourth-order valence-electron chi connectivity index (χ4n) is 4.66. The van der Waals surface area contributed by atoms with E-state index >= 15 is 0 Å². The molecule has 0 bridgehead atoms. The molecule has 3 aromatic heterocycles. The summed E-state index contributed by atoms with van der Waals surface area (Å²) in [4.78, 5) is 15.9. The summed E-state index contributed by atoms with van der Waals surface area (Å²) in [6, 6.07) is 8.18. The van der Waals surface area contributed by atoms with Crippen molar-refractivity contribution in [1.29, 1.82) is 0 Å². The molecule has 4 aromatic rings. The Kier molecular flexibility index (Phi) is 5.99. The lowest BCUT2D eigenvalue weighted by atomic mass is 9.91. The second kappa shape index (κ2) is 9.24. The number of ether oxygens (including phenoxy) is 1. The number of aryl methyl sites for hydroxylation is 1. The standard InChI is InChI=1S/C23H27FN8O2/c1-14(33)25-16-4-6-17(7-5-16)26-23-27-22(34-2)21-18(9-11-32(21)29-23)15-3-8-19-20(13-15)31(12-10-24)30-28-19/h3,8-9,11,13,16-17H,4-7,10,12H2,1-2H3,(H,25,33)(H,26,29). The highest BCUT2D eigenvalue weighted by Crippen LogP contribution is 2.33. The van der Waals surface area contributed by atoms with Crippen molar-refractivity contribution in [3.63, 3.8) is 0 Å². The number of nitrogens with zero attached hydrogens (tertiary/aromatic N) is 6. The van der Waals surface area contributed by atoms with Crippen molar-refractivity contribution in [1.82, 2.24) is 34.9 Å². The summed E-state index contributed by atoms with van der Waals surface area (Å²) in [5.74, 6) is 0.968. The number of anilines is 1. The summed E-state index contributed by atoms with van der Waals surface area (Å²) in [5, 5.41) is 19.2. The molecule has 0 radical (unpaired) electrons. The van der Waals surface area contributed by atoms with Gasteiger partial charge in [-0.1, -0.05) is 11.3 Å². The number of carbonyl (C=O) groups excluding carboxylic acids is 1. The fourth-order valence-corrected chi connectivity index (χ4v) is 4.66. The van der Waals surface area contributed by atoms with Crippen molar-refractivity contribution in [2.45, 2.75) is 51.2 Å². The molecule has 10 nitrogen and oxygen atoms in total. The largest absolute Gasteiger partial charge is 0.479 e. The lowest BCUT2D eigenvalue weighted by Gasteiger charge is -2.29. The number of hydrogen-bond donors (Lipinski definition) is 2. The first-order valence-electron chi connectivity index (χ1n) is 11.4. The van der Waals surface area contributed by atoms with Crippen LogP contribution in [0.3, 0.4) is 0 Å². The van der Waals surface area contributed by atoms with E-state index in [1.54, 1.807) is 23.2 Å². The minimum atomic E-state index is -0.510. The number of aromatic nitrogens is 6. The van der Waals surface area contributed by atoms with Crippen LogP contribution in [0.15, 0.2) is 30.5 Å². The zero-order chi connectivity index (χ0) is 23.7. The molecule has 1 amide bonds. The molecule has 0 aliphatic heterocycles. The molecule has 0 saturated heterocycles. The van der Waals surface area contributed by atoms with Gasteiger partial charge in [0.25, 0.3) is 0 Å². The first-order chi connectivity index (χ1) is 16.6. The fraction of sp³-hybridized carbons (Fsp3) is 0.435. The van der Waals surface area contributed by atoms with E-state index in [1.807, 2.05) is 30.5 Å². The van der Waals surface area contributed by atoms with Crippen LogP contribution in [-0.2, 0) is 11.3 Å². The van der Waals surface area contributed by atoms with Gasteiger partial charge in [-0.05, 0) is 49.4 Å². The van der Waals surface area contributed by atoms with Gasteiger partial charge in [0.1, 0.15) is 17.7 Å². The van der Waals surface area contributed by atoms with E-state index < -0.39 is 6.67 Å². The highest BCUT2D eigenvalue weighted by molar-refractivity contribution is 5.89. The number of methoxy groups -OCH3 is 1. The number of hydrogen-bond acceptors (Lipinski definition) is 7. The summed E-state index contributed by atoms with van der Waals surface area (Å²) in [5.41, 5.74) is 4.03. The molecule has 1 aliphatic rings. The van der Waals surface area contributed by atoms with Crippen molar-refractivity contribution in [3.05, 3.63) is 30.5 Å². The number of alkyl halides is 1. The number of amides is 1. The summed E-state index contributed by atoms with van der Waals surface area (Å²) in [7, 11) is 1.59. The van der Waals surface area contributed by atoms with Crippen LogP contribution in [0, 0.1) is 0 Å². The maximum atomic E-state index is 12.9. The molecule has 1 aliphatic carbocycles. The van der Waals surface area contributed by atoms with Crippen LogP contribution in [0.1, 0.15) is 32.6 Å². The maximum Gasteiger partial charge on any atom is 0.244 e. The van der Waals surface area contributed by atoms with Crippen LogP contribution in [0.5, 0.6) is 5.88 Å². The Balaban J connectivity index is 1.42. The molecular formula is C23H27FN8O2. The summed E-state index contributed by atoms with van der Waals surface area (Å²) < 4.78 is 21.8. The van der Waals surface area contributed by atoms with Crippen LogP contribution in [0.4, 0.5) is 10.3 Å². The van der Waals surface area contributed by atoms with Crippen LogP contribution >= 0.6 is 0 Å². The Labute approximate surface area is 195 Å². The van der Waals surface area contributed by atoms with E-state index in [9.17, 15) is 9.18 Å². The topological polar surface area (TPSA) is 111 Å². The third-order valence-corrected chi connectivity index (χ3v) is 6.26. The van der Waals surface area contributed by atoms with E-state index in [1.165, 1.54) is 0 Å². The van der Waals surface area contributed by atoms with E-state index in [4.69, 9.17) is 4.74 Å². The Bertz CT molecular complexity index is 1330. The minimum absolute atomic E-state index is 0.0145. The third-order valence-electron chi connectivity index (χ3n) is 6.26. The predicted molar refractivity (Wildman–Crippen MR) is 126 cm³/mol. The third kappa shape index (κ3) is 4.25. The number of rotatable bonds is 7. The van der Waals surface area contributed by atoms with E-state index in [2.05, 4.69) is 31.0 Å². The number of halogens is 1. The molecule has 178 valence electrons. The number of benzene rings is 1. The average Bonchev–Trinajstić information content (AvgIpc) is 3.44. The van der Waals surface area contributed by atoms with Gasteiger partial charge in [0, 0.05) is 30.8 Å². The molecular weight excluding hydrogens is 439 g/mol. The molecule has 0 atom stereocenters. The van der Waals surface area contributed by atoms with Crippen LogP contribution in [0.25, 0.3) is 27.7 Å². The zero-order valence-corrected chi connectivity index (χ0v) is 19.2. The van der Waals surface area contributed by atoms with Crippen molar-refractivity contribution in [2.75, 3.05) is 19.1 Å². The quantitative estimate of drug-likeness (QED) is 0.431. The highest BCUT2D eigenvalue weighted by atomic mass is 19.1. The van der Waals surface area contributed by atoms with E-state index in [0.29, 0.717) is 17.3 Å². The zero-order valence-electron chi connectivity index (χ0n) is 19.2. The van der Waals surface area contributed by atoms with Crippen LogP contribution in [0.2, 0.25) is 0 Å². The maximum absolute atomic E-state index is 12.9. The van der Waals surface area contributed by atoms with Gasteiger partial charge in [0.15, 0.2) is 0 Å².